The van der Waals surface area contributed by atoms with Crippen molar-refractivity contribution in [3.63, 3.8) is 0 Å². The van der Waals surface area contributed by atoms with E-state index < -0.39 is 11.5 Å². The highest BCUT2D eigenvalue weighted by Crippen LogP contribution is 2.40. The summed E-state index contributed by atoms with van der Waals surface area (Å²) in [5, 5.41) is 11.9. The van der Waals surface area contributed by atoms with Gasteiger partial charge in [0, 0.05) is 26.7 Å². The molecule has 2 aliphatic rings. The van der Waals surface area contributed by atoms with Crippen LogP contribution in [-0.4, -0.2) is 65.3 Å². The van der Waals surface area contributed by atoms with Crippen LogP contribution >= 0.6 is 11.3 Å². The highest BCUT2D eigenvalue weighted by atomic mass is 32.1. The molecule has 1 N–H and O–H groups in total. The Morgan fingerprint density at radius 3 is 2.64 bits per heavy atom. The zero-order valence-corrected chi connectivity index (χ0v) is 15.5. The predicted molar refractivity (Wildman–Crippen MR) is 94.5 cm³/mol. The van der Waals surface area contributed by atoms with Crippen molar-refractivity contribution in [2.24, 2.45) is 5.41 Å². The normalized spacial score (nSPS) is 23.2. The molecule has 0 saturated carbocycles. The number of rotatable bonds is 3. The fraction of sp³-hybridized carbons (Fsp3) is 0.611. The number of nitrogens with zero attached hydrogens (tertiary/aromatic N) is 2. The third-order valence-corrected chi connectivity index (χ3v) is 6.42. The summed E-state index contributed by atoms with van der Waals surface area (Å²) < 4.78 is 0. The average Bonchev–Trinajstić information content (AvgIpc) is 3.02. The standard InChI is InChI=1S/C18H24N2O4S/c1-12(21)15-7-13(11-25-15)8-16(23)20-5-3-18(4-6-20)9-14(22)10-19(2)17(18)24/h7,11,14,22H,3-6,8-10H2,1-2H3. The molecule has 25 heavy (non-hydrogen) atoms. The maximum Gasteiger partial charge on any atom is 0.228 e. The summed E-state index contributed by atoms with van der Waals surface area (Å²) in [7, 11) is 1.73. The molecule has 1 atom stereocenters. The lowest BCUT2D eigenvalue weighted by Gasteiger charge is -2.47. The molecular formula is C18H24N2O4S. The lowest BCUT2D eigenvalue weighted by atomic mass is 9.71. The SMILES string of the molecule is CC(=O)c1cc(CC(=O)N2CCC3(CC2)CC(O)CN(C)C3=O)cs1. The molecule has 0 aromatic carbocycles. The molecule has 136 valence electrons. The molecule has 1 aromatic heterocycles. The second kappa shape index (κ2) is 6.88. The fourth-order valence-corrected chi connectivity index (χ4v) is 4.76. The van der Waals surface area contributed by atoms with E-state index in [1.165, 1.54) is 18.3 Å². The molecule has 1 spiro atoms. The summed E-state index contributed by atoms with van der Waals surface area (Å²) in [6.07, 6.45) is 1.49. The molecule has 3 rings (SSSR count). The molecule has 1 aromatic rings. The number of hydrogen-bond donors (Lipinski definition) is 1. The van der Waals surface area contributed by atoms with Gasteiger partial charge in [0.25, 0.3) is 0 Å². The molecule has 1 unspecified atom stereocenters. The minimum atomic E-state index is -0.520. The van der Waals surface area contributed by atoms with E-state index in [1.54, 1.807) is 22.9 Å². The van der Waals surface area contributed by atoms with Gasteiger partial charge in [-0.05, 0) is 43.2 Å². The van der Waals surface area contributed by atoms with Crippen LogP contribution in [0.25, 0.3) is 0 Å². The lowest BCUT2D eigenvalue weighted by Crippen LogP contribution is -2.57. The Bertz CT molecular complexity index is 691. The predicted octanol–water partition coefficient (Wildman–Crippen LogP) is 1.33. The summed E-state index contributed by atoms with van der Waals surface area (Å²) in [4.78, 5) is 40.5. The number of aliphatic hydroxyl groups excluding tert-OH is 1. The Morgan fingerprint density at radius 1 is 1.36 bits per heavy atom. The van der Waals surface area contributed by atoms with E-state index in [-0.39, 0.29) is 24.0 Å². The number of hydrogen-bond acceptors (Lipinski definition) is 5. The number of ketones is 1. The van der Waals surface area contributed by atoms with Crippen LogP contribution in [0.4, 0.5) is 0 Å². The van der Waals surface area contributed by atoms with Gasteiger partial charge >= 0.3 is 0 Å². The number of aliphatic hydroxyl groups is 1. The van der Waals surface area contributed by atoms with Gasteiger partial charge in [0.2, 0.25) is 11.8 Å². The minimum absolute atomic E-state index is 0.0158. The van der Waals surface area contributed by atoms with Crippen molar-refractivity contribution in [1.82, 2.24) is 9.80 Å². The summed E-state index contributed by atoms with van der Waals surface area (Å²) in [5.74, 6) is 0.135. The van der Waals surface area contributed by atoms with Crippen LogP contribution in [0, 0.1) is 5.41 Å². The van der Waals surface area contributed by atoms with Gasteiger partial charge in [0.05, 0.1) is 22.8 Å². The number of carbonyl (C=O) groups is 3. The zero-order chi connectivity index (χ0) is 18.2. The van der Waals surface area contributed by atoms with Crippen LogP contribution in [-0.2, 0) is 16.0 Å². The summed E-state index contributed by atoms with van der Waals surface area (Å²) in [6.45, 7) is 2.98. The Balaban J connectivity index is 1.60. The van der Waals surface area contributed by atoms with E-state index in [0.29, 0.717) is 43.8 Å². The third-order valence-electron chi connectivity index (χ3n) is 5.34. The van der Waals surface area contributed by atoms with E-state index in [2.05, 4.69) is 0 Å². The summed E-state index contributed by atoms with van der Waals surface area (Å²) >= 11 is 1.37. The van der Waals surface area contributed by atoms with Crippen molar-refractivity contribution in [2.75, 3.05) is 26.7 Å². The Labute approximate surface area is 151 Å². The highest BCUT2D eigenvalue weighted by Gasteiger charge is 2.47. The van der Waals surface area contributed by atoms with Gasteiger partial charge in [-0.2, -0.15) is 0 Å². The quantitative estimate of drug-likeness (QED) is 0.821. The van der Waals surface area contributed by atoms with Crippen molar-refractivity contribution in [3.05, 3.63) is 21.9 Å². The van der Waals surface area contributed by atoms with Gasteiger partial charge in [0.15, 0.2) is 5.78 Å². The molecule has 7 heteroatoms. The monoisotopic (exact) mass is 364 g/mol. The van der Waals surface area contributed by atoms with Crippen LogP contribution in [0.1, 0.15) is 41.4 Å². The van der Waals surface area contributed by atoms with Crippen LogP contribution in [0.2, 0.25) is 0 Å². The van der Waals surface area contributed by atoms with E-state index >= 15 is 0 Å². The lowest BCUT2D eigenvalue weighted by molar-refractivity contribution is -0.156. The topological polar surface area (TPSA) is 77.9 Å². The van der Waals surface area contributed by atoms with Gasteiger partial charge in [-0.25, -0.2) is 0 Å². The number of likely N-dealkylation sites (N-methyl/N-ethyl adjacent to an activating group) is 1. The molecule has 0 aliphatic carbocycles. The van der Waals surface area contributed by atoms with E-state index in [0.717, 1.165) is 5.56 Å². The number of likely N-dealkylation sites (tertiary alicyclic amines) is 2. The molecule has 3 heterocycles. The van der Waals surface area contributed by atoms with Crippen LogP contribution in [0.3, 0.4) is 0 Å². The summed E-state index contributed by atoms with van der Waals surface area (Å²) in [5.41, 5.74) is 0.345. The molecule has 2 aliphatic heterocycles. The minimum Gasteiger partial charge on any atom is -0.391 e. The molecule has 0 radical (unpaired) electrons. The molecule has 2 saturated heterocycles. The fourth-order valence-electron chi connectivity index (χ4n) is 3.95. The first-order valence-electron chi connectivity index (χ1n) is 8.60. The zero-order valence-electron chi connectivity index (χ0n) is 14.7. The highest BCUT2D eigenvalue weighted by molar-refractivity contribution is 7.12. The van der Waals surface area contributed by atoms with Crippen LogP contribution < -0.4 is 0 Å². The smallest absolute Gasteiger partial charge is 0.228 e. The van der Waals surface area contributed by atoms with Gasteiger partial charge in [-0.15, -0.1) is 11.3 Å². The largest absolute Gasteiger partial charge is 0.391 e. The number of amides is 2. The summed E-state index contributed by atoms with van der Waals surface area (Å²) in [6, 6.07) is 1.78. The first kappa shape index (κ1) is 18.1. The number of carbonyl (C=O) groups excluding carboxylic acids is 3. The van der Waals surface area contributed by atoms with E-state index in [1.807, 2.05) is 5.38 Å². The molecule has 0 bridgehead atoms. The number of β-amino-alcohol motifs (C(OH)–C–C–N with tert-alkyl or cyclic N) is 1. The molecule has 2 amide bonds. The maximum atomic E-state index is 12.6. The Morgan fingerprint density at radius 2 is 2.04 bits per heavy atom. The van der Waals surface area contributed by atoms with Gasteiger partial charge in [0.1, 0.15) is 0 Å². The molecule has 6 nitrogen and oxygen atoms in total. The number of thiophene rings is 1. The first-order valence-corrected chi connectivity index (χ1v) is 9.48. The van der Waals surface area contributed by atoms with Gasteiger partial charge in [-0.1, -0.05) is 0 Å². The number of piperidine rings is 2. The number of Topliss-reactive ketones (excluding diaryl/α,β-unsaturated/α-hetero) is 1. The van der Waals surface area contributed by atoms with Crippen molar-refractivity contribution in [2.45, 2.75) is 38.7 Å². The second-order valence-corrected chi connectivity index (χ2v) is 8.17. The Kier molecular flexibility index (Phi) is 4.97. The van der Waals surface area contributed by atoms with Crippen LogP contribution in [0.5, 0.6) is 0 Å². The van der Waals surface area contributed by atoms with E-state index in [9.17, 15) is 19.5 Å². The second-order valence-electron chi connectivity index (χ2n) is 7.26. The van der Waals surface area contributed by atoms with Crippen molar-refractivity contribution >= 4 is 28.9 Å². The third kappa shape index (κ3) is 3.62. The van der Waals surface area contributed by atoms with Crippen molar-refractivity contribution < 1.29 is 19.5 Å². The van der Waals surface area contributed by atoms with Gasteiger partial charge in [-0.3, -0.25) is 14.4 Å². The molecule has 2 fully saturated rings. The first-order chi connectivity index (χ1) is 11.8. The Hall–Kier alpha value is -1.73. The maximum absolute atomic E-state index is 12.6. The molecular weight excluding hydrogens is 340 g/mol. The van der Waals surface area contributed by atoms with Gasteiger partial charge < -0.3 is 14.9 Å². The van der Waals surface area contributed by atoms with E-state index in [4.69, 9.17) is 0 Å². The average molecular weight is 364 g/mol. The van der Waals surface area contributed by atoms with Crippen molar-refractivity contribution in [1.29, 1.82) is 0 Å². The van der Waals surface area contributed by atoms with Crippen molar-refractivity contribution in [3.8, 4) is 0 Å². The van der Waals surface area contributed by atoms with Crippen LogP contribution in [0.15, 0.2) is 11.4 Å².